The second kappa shape index (κ2) is 5.12. The van der Waals surface area contributed by atoms with Crippen LogP contribution in [0.2, 0.25) is 0 Å². The van der Waals surface area contributed by atoms with Gasteiger partial charge >= 0.3 is 0 Å². The van der Waals surface area contributed by atoms with Crippen molar-refractivity contribution in [3.8, 4) is 0 Å². The number of amides is 1. The lowest BCUT2D eigenvalue weighted by Crippen LogP contribution is -2.23. The molecule has 1 aromatic carbocycles. The van der Waals surface area contributed by atoms with Crippen molar-refractivity contribution in [3.63, 3.8) is 0 Å². The summed E-state index contributed by atoms with van der Waals surface area (Å²) < 4.78 is 10.8. The second-order valence-electron chi connectivity index (χ2n) is 3.77. The number of likely N-dealkylation sites (N-methyl/N-ethyl adjacent to an activating group) is 1. The molecule has 1 saturated heterocycles. The monoisotopic (exact) mass is 233 g/mol. The topological polar surface area (TPSA) is 38.8 Å². The average molecular weight is 233 g/mol. The maximum Gasteiger partial charge on any atom is 0.250 e. The minimum Gasteiger partial charge on any atom is -0.346 e. The number of ether oxygens (including phenoxy) is 2. The van der Waals surface area contributed by atoms with E-state index in [0.29, 0.717) is 13.2 Å². The predicted molar refractivity (Wildman–Crippen MR) is 64.7 cm³/mol. The molecular formula is C13H15NO3. The molecule has 0 unspecified atom stereocenters. The van der Waals surface area contributed by atoms with Crippen LogP contribution in [-0.4, -0.2) is 26.2 Å². The SMILES string of the molecule is C=CC(=O)N(C)c1ccc(C2OCCO2)cc1. The maximum absolute atomic E-state index is 11.4. The summed E-state index contributed by atoms with van der Waals surface area (Å²) in [6, 6.07) is 7.53. The molecule has 0 aromatic heterocycles. The van der Waals surface area contributed by atoms with Gasteiger partial charge in [-0.15, -0.1) is 0 Å². The van der Waals surface area contributed by atoms with Gasteiger partial charge in [0.1, 0.15) is 0 Å². The largest absolute Gasteiger partial charge is 0.346 e. The van der Waals surface area contributed by atoms with Crippen LogP contribution in [0.15, 0.2) is 36.9 Å². The Kier molecular flexibility index (Phi) is 3.56. The van der Waals surface area contributed by atoms with Crippen LogP contribution in [0.4, 0.5) is 5.69 Å². The molecule has 0 spiro atoms. The van der Waals surface area contributed by atoms with E-state index < -0.39 is 0 Å². The Labute approximate surface area is 100 Å². The molecule has 0 N–H and O–H groups in total. The number of carbonyl (C=O) groups excluding carboxylic acids is 1. The highest BCUT2D eigenvalue weighted by Gasteiger charge is 2.18. The van der Waals surface area contributed by atoms with Gasteiger partial charge in [-0.2, -0.15) is 0 Å². The number of rotatable bonds is 3. The molecule has 17 heavy (non-hydrogen) atoms. The first kappa shape index (κ1) is 11.8. The van der Waals surface area contributed by atoms with Gasteiger partial charge in [-0.3, -0.25) is 4.79 Å². The number of hydrogen-bond acceptors (Lipinski definition) is 3. The first-order valence-electron chi connectivity index (χ1n) is 5.45. The van der Waals surface area contributed by atoms with E-state index in [-0.39, 0.29) is 12.2 Å². The summed E-state index contributed by atoms with van der Waals surface area (Å²) in [5, 5.41) is 0. The smallest absolute Gasteiger partial charge is 0.250 e. The van der Waals surface area contributed by atoms with E-state index >= 15 is 0 Å². The first-order chi connectivity index (χ1) is 8.22. The van der Waals surface area contributed by atoms with Crippen molar-refractivity contribution < 1.29 is 14.3 Å². The lowest BCUT2D eigenvalue weighted by Gasteiger charge is -2.16. The molecule has 0 bridgehead atoms. The van der Waals surface area contributed by atoms with Crippen LogP contribution in [0, 0.1) is 0 Å². The van der Waals surface area contributed by atoms with Crippen molar-refractivity contribution in [1.29, 1.82) is 0 Å². The number of anilines is 1. The molecule has 0 saturated carbocycles. The Balaban J connectivity index is 2.12. The summed E-state index contributed by atoms with van der Waals surface area (Å²) in [4.78, 5) is 12.9. The van der Waals surface area contributed by atoms with E-state index in [0.717, 1.165) is 11.3 Å². The standard InChI is InChI=1S/C13H15NO3/c1-3-12(15)14(2)11-6-4-10(5-7-11)13-16-8-9-17-13/h3-7,13H,1,8-9H2,2H3. The molecule has 1 fully saturated rings. The number of hydrogen-bond donors (Lipinski definition) is 0. The number of benzene rings is 1. The zero-order chi connectivity index (χ0) is 12.3. The van der Waals surface area contributed by atoms with Crippen LogP contribution in [0.25, 0.3) is 0 Å². The molecule has 1 aliphatic heterocycles. The van der Waals surface area contributed by atoms with Gasteiger partial charge in [0.25, 0.3) is 0 Å². The minimum atomic E-state index is -0.274. The summed E-state index contributed by atoms with van der Waals surface area (Å²) in [5.41, 5.74) is 1.78. The lowest BCUT2D eigenvalue weighted by molar-refractivity contribution is -0.113. The molecule has 1 amide bonds. The minimum absolute atomic E-state index is 0.133. The predicted octanol–water partition coefficient (Wildman–Crippen LogP) is 1.88. The van der Waals surface area contributed by atoms with Crippen LogP contribution < -0.4 is 4.90 Å². The lowest BCUT2D eigenvalue weighted by atomic mass is 10.2. The second-order valence-corrected chi connectivity index (χ2v) is 3.77. The van der Waals surface area contributed by atoms with Crippen LogP contribution in [0.3, 0.4) is 0 Å². The quantitative estimate of drug-likeness (QED) is 0.748. The van der Waals surface area contributed by atoms with E-state index in [9.17, 15) is 4.79 Å². The van der Waals surface area contributed by atoms with Gasteiger partial charge in [0, 0.05) is 18.3 Å². The maximum atomic E-state index is 11.4. The molecule has 4 nitrogen and oxygen atoms in total. The highest BCUT2D eigenvalue weighted by molar-refractivity contribution is 6.00. The van der Waals surface area contributed by atoms with E-state index in [1.54, 1.807) is 7.05 Å². The fourth-order valence-electron chi connectivity index (χ4n) is 1.67. The summed E-state index contributed by atoms with van der Waals surface area (Å²) in [7, 11) is 1.71. The molecule has 4 heteroatoms. The van der Waals surface area contributed by atoms with Crippen LogP contribution in [-0.2, 0) is 14.3 Å². The summed E-state index contributed by atoms with van der Waals surface area (Å²) in [5.74, 6) is -0.133. The van der Waals surface area contributed by atoms with Crippen molar-refractivity contribution in [2.45, 2.75) is 6.29 Å². The van der Waals surface area contributed by atoms with E-state index in [2.05, 4.69) is 6.58 Å². The molecular weight excluding hydrogens is 218 g/mol. The van der Waals surface area contributed by atoms with Crippen molar-refractivity contribution in [1.82, 2.24) is 0 Å². The Morgan fingerprint density at radius 3 is 2.47 bits per heavy atom. The third kappa shape index (κ3) is 2.54. The summed E-state index contributed by atoms with van der Waals surface area (Å²) in [6.45, 7) is 4.71. The van der Waals surface area contributed by atoms with Crippen LogP contribution >= 0.6 is 0 Å². The normalized spacial score (nSPS) is 15.8. The van der Waals surface area contributed by atoms with Gasteiger partial charge in [-0.1, -0.05) is 18.7 Å². The zero-order valence-electron chi connectivity index (χ0n) is 9.76. The van der Waals surface area contributed by atoms with Gasteiger partial charge < -0.3 is 14.4 Å². The third-order valence-electron chi connectivity index (χ3n) is 2.68. The van der Waals surface area contributed by atoms with Gasteiger partial charge in [0.05, 0.1) is 13.2 Å². The molecule has 0 atom stereocenters. The fraction of sp³-hybridized carbons (Fsp3) is 0.308. The van der Waals surface area contributed by atoms with Crippen molar-refractivity contribution in [2.75, 3.05) is 25.2 Å². The molecule has 0 aliphatic carbocycles. The Morgan fingerprint density at radius 2 is 1.94 bits per heavy atom. The number of nitrogens with zero attached hydrogens (tertiary/aromatic N) is 1. The number of carbonyl (C=O) groups is 1. The van der Waals surface area contributed by atoms with Gasteiger partial charge in [-0.25, -0.2) is 0 Å². The van der Waals surface area contributed by atoms with Crippen molar-refractivity contribution >= 4 is 11.6 Å². The van der Waals surface area contributed by atoms with E-state index in [1.165, 1.54) is 11.0 Å². The highest BCUT2D eigenvalue weighted by atomic mass is 16.7. The Morgan fingerprint density at radius 1 is 1.35 bits per heavy atom. The molecule has 1 aromatic rings. The van der Waals surface area contributed by atoms with Crippen molar-refractivity contribution in [2.24, 2.45) is 0 Å². The van der Waals surface area contributed by atoms with Crippen LogP contribution in [0.5, 0.6) is 0 Å². The summed E-state index contributed by atoms with van der Waals surface area (Å²) >= 11 is 0. The van der Waals surface area contributed by atoms with Gasteiger partial charge in [-0.05, 0) is 18.2 Å². The van der Waals surface area contributed by atoms with Gasteiger partial charge in [0.15, 0.2) is 6.29 Å². The Hall–Kier alpha value is -1.65. The average Bonchev–Trinajstić information content (AvgIpc) is 2.91. The molecule has 1 aliphatic rings. The zero-order valence-corrected chi connectivity index (χ0v) is 9.76. The molecule has 1 heterocycles. The fourth-order valence-corrected chi connectivity index (χ4v) is 1.67. The third-order valence-corrected chi connectivity index (χ3v) is 2.68. The molecule has 0 radical (unpaired) electrons. The Bertz CT molecular complexity index is 407. The molecule has 90 valence electrons. The van der Waals surface area contributed by atoms with E-state index in [1.807, 2.05) is 24.3 Å². The van der Waals surface area contributed by atoms with E-state index in [4.69, 9.17) is 9.47 Å². The first-order valence-corrected chi connectivity index (χ1v) is 5.45. The highest BCUT2D eigenvalue weighted by Crippen LogP contribution is 2.25. The van der Waals surface area contributed by atoms with Gasteiger partial charge in [0.2, 0.25) is 5.91 Å². The van der Waals surface area contributed by atoms with Crippen molar-refractivity contribution in [3.05, 3.63) is 42.5 Å². The molecule has 2 rings (SSSR count). The summed E-state index contributed by atoms with van der Waals surface area (Å²) in [6.07, 6.45) is 1.02. The van der Waals surface area contributed by atoms with Crippen LogP contribution in [0.1, 0.15) is 11.9 Å².